The van der Waals surface area contributed by atoms with E-state index < -0.39 is 0 Å². The first-order chi connectivity index (χ1) is 15.4. The average molecular weight is 434 g/mol. The number of aryl methyl sites for hydroxylation is 1. The first-order valence-electron chi connectivity index (χ1n) is 11.4. The molecule has 0 saturated carbocycles. The van der Waals surface area contributed by atoms with Crippen LogP contribution in [-0.2, 0) is 6.54 Å². The number of aromatic nitrogens is 1. The fourth-order valence-corrected chi connectivity index (χ4v) is 4.88. The van der Waals surface area contributed by atoms with Crippen molar-refractivity contribution in [1.82, 2.24) is 14.8 Å². The van der Waals surface area contributed by atoms with Gasteiger partial charge in [-0.15, -0.1) is 0 Å². The molecule has 0 radical (unpaired) electrons. The van der Waals surface area contributed by atoms with Crippen LogP contribution in [0, 0.1) is 18.7 Å². The number of hydrogen-bond acceptors (Lipinski definition) is 2. The van der Waals surface area contributed by atoms with E-state index in [9.17, 15) is 9.18 Å². The lowest BCUT2D eigenvalue weighted by Crippen LogP contribution is -2.42. The summed E-state index contributed by atoms with van der Waals surface area (Å²) >= 11 is 0. The van der Waals surface area contributed by atoms with Crippen LogP contribution >= 0.6 is 0 Å². The van der Waals surface area contributed by atoms with Crippen LogP contribution in [0.4, 0.5) is 4.39 Å². The summed E-state index contributed by atoms with van der Waals surface area (Å²) in [5, 5.41) is 0. The molecule has 3 aromatic rings. The van der Waals surface area contributed by atoms with E-state index in [-0.39, 0.29) is 17.8 Å². The van der Waals surface area contributed by atoms with Crippen molar-refractivity contribution in [1.29, 1.82) is 0 Å². The van der Waals surface area contributed by atoms with Gasteiger partial charge in [0.15, 0.2) is 0 Å². The minimum absolute atomic E-state index is 0.0358. The molecule has 0 aliphatic carbocycles. The Morgan fingerprint density at radius 2 is 1.84 bits per heavy atom. The van der Waals surface area contributed by atoms with Crippen molar-refractivity contribution < 1.29 is 9.18 Å². The van der Waals surface area contributed by atoms with E-state index in [0.29, 0.717) is 23.9 Å². The van der Waals surface area contributed by atoms with Gasteiger partial charge in [-0.3, -0.25) is 9.69 Å². The number of carbonyl (C=O) groups excluding carboxylic acids is 1. The van der Waals surface area contributed by atoms with E-state index >= 15 is 0 Å². The highest BCUT2D eigenvalue weighted by atomic mass is 19.1. The number of aromatic amines is 1. The van der Waals surface area contributed by atoms with Gasteiger partial charge in [-0.25, -0.2) is 4.39 Å². The molecule has 1 aliphatic rings. The maximum Gasteiger partial charge on any atom is 0.254 e. The van der Waals surface area contributed by atoms with E-state index in [1.54, 1.807) is 12.1 Å². The molecular weight excluding hydrogens is 401 g/mol. The predicted octanol–water partition coefficient (Wildman–Crippen LogP) is 5.23. The molecule has 1 aromatic heterocycles. The topological polar surface area (TPSA) is 39.3 Å². The first-order valence-corrected chi connectivity index (χ1v) is 11.4. The molecule has 4 rings (SSSR count). The molecule has 1 N–H and O–H groups in total. The second-order valence-electron chi connectivity index (χ2n) is 9.17. The summed E-state index contributed by atoms with van der Waals surface area (Å²) in [6.45, 7) is 9.71. The molecule has 2 heterocycles. The van der Waals surface area contributed by atoms with Gasteiger partial charge in [0, 0.05) is 55.6 Å². The Balaban J connectivity index is 1.58. The lowest BCUT2D eigenvalue weighted by atomic mass is 9.86. The van der Waals surface area contributed by atoms with Gasteiger partial charge < -0.3 is 9.88 Å². The van der Waals surface area contributed by atoms with Crippen LogP contribution in [0.25, 0.3) is 0 Å². The largest absolute Gasteiger partial charge is 0.364 e. The van der Waals surface area contributed by atoms with Gasteiger partial charge in [-0.1, -0.05) is 24.3 Å². The first kappa shape index (κ1) is 22.3. The van der Waals surface area contributed by atoms with E-state index in [1.165, 1.54) is 29.0 Å². The summed E-state index contributed by atoms with van der Waals surface area (Å²) in [5.41, 5.74) is 4.40. The maximum atomic E-state index is 13.4. The number of likely N-dealkylation sites (tertiary alicyclic amines) is 1. The Kier molecular flexibility index (Phi) is 6.75. The third kappa shape index (κ3) is 4.94. The number of benzene rings is 2. The quantitative estimate of drug-likeness (QED) is 0.554. The van der Waals surface area contributed by atoms with Gasteiger partial charge in [0.25, 0.3) is 5.91 Å². The molecule has 0 spiro atoms. The Bertz CT molecular complexity index is 1030. The van der Waals surface area contributed by atoms with Gasteiger partial charge in [0.05, 0.1) is 0 Å². The third-order valence-electron chi connectivity index (χ3n) is 6.57. The number of halogens is 1. The molecule has 1 fully saturated rings. The van der Waals surface area contributed by atoms with Gasteiger partial charge in [0.1, 0.15) is 5.82 Å². The predicted molar refractivity (Wildman–Crippen MR) is 126 cm³/mol. The normalized spacial score (nSPS) is 18.9. The number of nitrogens with zero attached hydrogens (tertiary/aromatic N) is 2. The summed E-state index contributed by atoms with van der Waals surface area (Å²) in [4.78, 5) is 21.1. The monoisotopic (exact) mass is 433 g/mol. The molecule has 168 valence electrons. The number of H-pyrrole nitrogens is 1. The van der Waals surface area contributed by atoms with Crippen molar-refractivity contribution in [3.63, 3.8) is 0 Å². The van der Waals surface area contributed by atoms with Crippen LogP contribution in [0.3, 0.4) is 0 Å². The van der Waals surface area contributed by atoms with Gasteiger partial charge in [-0.2, -0.15) is 0 Å². The molecule has 2 atom stereocenters. The maximum absolute atomic E-state index is 13.4. The molecule has 2 aromatic carbocycles. The van der Waals surface area contributed by atoms with Gasteiger partial charge in [-0.05, 0) is 74.2 Å². The number of rotatable bonds is 7. The highest BCUT2D eigenvalue weighted by Gasteiger charge is 2.37. The molecule has 32 heavy (non-hydrogen) atoms. The standard InChI is InChI=1S/C27H32FN3O/c1-19(2)31(27(32)21-10-12-23(28)13-11-21)16-22-15-30(17-24-8-6-14-29-24)18-26(22)25-9-5-4-7-20(25)3/h4-14,19,22,26,29H,15-18H2,1-3H3. The number of amides is 1. The van der Waals surface area contributed by atoms with Crippen molar-refractivity contribution in [2.24, 2.45) is 5.92 Å². The minimum Gasteiger partial charge on any atom is -0.364 e. The highest BCUT2D eigenvalue weighted by molar-refractivity contribution is 5.94. The summed E-state index contributed by atoms with van der Waals surface area (Å²) in [7, 11) is 0. The second kappa shape index (κ2) is 9.70. The summed E-state index contributed by atoms with van der Waals surface area (Å²) in [6, 6.07) is 18.7. The van der Waals surface area contributed by atoms with E-state index in [0.717, 1.165) is 19.6 Å². The van der Waals surface area contributed by atoms with E-state index in [2.05, 4.69) is 61.0 Å². The molecule has 0 bridgehead atoms. The van der Waals surface area contributed by atoms with E-state index in [4.69, 9.17) is 0 Å². The fourth-order valence-electron chi connectivity index (χ4n) is 4.88. The van der Waals surface area contributed by atoms with E-state index in [1.807, 2.05) is 17.2 Å². The highest BCUT2D eigenvalue weighted by Crippen LogP contribution is 2.36. The SMILES string of the molecule is Cc1ccccc1C1CN(Cc2ccc[nH]2)CC1CN(C(=O)c1ccc(F)cc1)C(C)C. The molecule has 1 aliphatic heterocycles. The van der Waals surface area contributed by atoms with Crippen molar-refractivity contribution in [2.45, 2.75) is 39.3 Å². The molecule has 1 saturated heterocycles. The smallest absolute Gasteiger partial charge is 0.254 e. The number of nitrogens with one attached hydrogen (secondary N) is 1. The van der Waals surface area contributed by atoms with Crippen LogP contribution in [0.5, 0.6) is 0 Å². The van der Waals surface area contributed by atoms with Crippen LogP contribution in [0.15, 0.2) is 66.9 Å². The van der Waals surface area contributed by atoms with Crippen molar-refractivity contribution in [3.05, 3.63) is 95.1 Å². The summed E-state index contributed by atoms with van der Waals surface area (Å²) in [5.74, 6) is 0.311. The lowest BCUT2D eigenvalue weighted by molar-refractivity contribution is 0.0668. The Labute approximate surface area is 190 Å². The van der Waals surface area contributed by atoms with Gasteiger partial charge in [0.2, 0.25) is 0 Å². The van der Waals surface area contributed by atoms with Crippen LogP contribution in [0.1, 0.15) is 46.9 Å². The van der Waals surface area contributed by atoms with Crippen LogP contribution < -0.4 is 0 Å². The zero-order chi connectivity index (χ0) is 22.7. The fraction of sp³-hybridized carbons (Fsp3) is 0.370. The number of hydrogen-bond donors (Lipinski definition) is 1. The number of carbonyl (C=O) groups is 1. The molecule has 2 unspecified atom stereocenters. The van der Waals surface area contributed by atoms with Crippen LogP contribution in [-0.4, -0.2) is 46.4 Å². The van der Waals surface area contributed by atoms with Crippen molar-refractivity contribution >= 4 is 5.91 Å². The minimum atomic E-state index is -0.326. The Hall–Kier alpha value is -2.92. The van der Waals surface area contributed by atoms with Gasteiger partial charge >= 0.3 is 0 Å². The zero-order valence-corrected chi connectivity index (χ0v) is 19.1. The molecular formula is C27H32FN3O. The Morgan fingerprint density at radius 3 is 2.50 bits per heavy atom. The molecule has 1 amide bonds. The van der Waals surface area contributed by atoms with Crippen molar-refractivity contribution in [3.8, 4) is 0 Å². The van der Waals surface area contributed by atoms with Crippen LogP contribution in [0.2, 0.25) is 0 Å². The molecule has 4 nitrogen and oxygen atoms in total. The average Bonchev–Trinajstić information content (AvgIpc) is 3.42. The van der Waals surface area contributed by atoms with Crippen molar-refractivity contribution in [2.75, 3.05) is 19.6 Å². The lowest BCUT2D eigenvalue weighted by Gasteiger charge is -2.32. The summed E-state index contributed by atoms with van der Waals surface area (Å²) < 4.78 is 13.4. The summed E-state index contributed by atoms with van der Waals surface area (Å²) in [6.07, 6.45) is 1.96. The third-order valence-corrected chi connectivity index (χ3v) is 6.57. The zero-order valence-electron chi connectivity index (χ0n) is 19.1. The second-order valence-corrected chi connectivity index (χ2v) is 9.17. The Morgan fingerprint density at radius 1 is 1.09 bits per heavy atom. The molecule has 5 heteroatoms.